The van der Waals surface area contributed by atoms with Crippen LogP contribution in [-0.2, 0) is 11.2 Å². The molecule has 39 heavy (non-hydrogen) atoms. The highest BCUT2D eigenvalue weighted by atomic mass is 32.1. The van der Waals surface area contributed by atoms with Crippen molar-refractivity contribution in [3.63, 3.8) is 0 Å². The molecule has 5 rings (SSSR count). The summed E-state index contributed by atoms with van der Waals surface area (Å²) >= 11 is 5.80. The highest BCUT2D eigenvalue weighted by Gasteiger charge is 2.41. The number of carbonyl (C=O) groups excluding carboxylic acids is 1. The fourth-order valence-corrected chi connectivity index (χ4v) is 5.66. The summed E-state index contributed by atoms with van der Waals surface area (Å²) in [5, 5.41) is 6.91. The van der Waals surface area contributed by atoms with Gasteiger partial charge in [-0.2, -0.15) is 0 Å². The van der Waals surface area contributed by atoms with Crippen LogP contribution in [0.15, 0.2) is 79.0 Å². The fourth-order valence-electron chi connectivity index (χ4n) is 5.33. The van der Waals surface area contributed by atoms with Gasteiger partial charge in [0, 0.05) is 41.9 Å². The minimum Gasteiger partial charge on any atom is -0.352 e. The van der Waals surface area contributed by atoms with Crippen molar-refractivity contribution in [1.29, 1.82) is 0 Å². The first-order valence-corrected chi connectivity index (χ1v) is 13.6. The number of hydrogen-bond acceptors (Lipinski definition) is 3. The summed E-state index contributed by atoms with van der Waals surface area (Å²) in [4.78, 5) is 19.5. The Labute approximate surface area is 233 Å². The molecule has 3 heterocycles. The molecule has 6 nitrogen and oxygen atoms in total. The zero-order valence-corrected chi connectivity index (χ0v) is 23.1. The Kier molecular flexibility index (Phi) is 7.74. The number of nitrogens with one attached hydrogen (secondary N) is 2. The highest BCUT2D eigenvalue weighted by Crippen LogP contribution is 2.41. The maximum absolute atomic E-state index is 13.3. The number of hydrogen-bond donors (Lipinski definition) is 2. The fraction of sp³-hybridized carbons (Fsp3) is 0.258. The molecule has 0 saturated carbocycles. The van der Waals surface area contributed by atoms with Gasteiger partial charge in [0.25, 0.3) is 0 Å². The van der Waals surface area contributed by atoms with E-state index in [1.54, 1.807) is 18.3 Å². The molecular weight excluding hydrogens is 509 g/mol. The zero-order chi connectivity index (χ0) is 27.5. The third kappa shape index (κ3) is 5.56. The molecule has 1 amide bonds. The van der Waals surface area contributed by atoms with Crippen LogP contribution in [0.5, 0.6) is 0 Å². The van der Waals surface area contributed by atoms with Gasteiger partial charge in [-0.05, 0) is 98.2 Å². The number of halogens is 1. The minimum absolute atomic E-state index is 0.152. The minimum atomic E-state index is -0.344. The number of benzene rings is 2. The van der Waals surface area contributed by atoms with Crippen molar-refractivity contribution in [2.45, 2.75) is 45.7 Å². The molecule has 2 atom stereocenters. The Balaban J connectivity index is 1.45. The van der Waals surface area contributed by atoms with Gasteiger partial charge < -0.3 is 20.1 Å². The second kappa shape index (κ2) is 11.4. The average Bonchev–Trinajstić information content (AvgIpc) is 3.43. The Hall–Kier alpha value is -4.04. The second-order valence-electron chi connectivity index (χ2n) is 9.81. The first-order chi connectivity index (χ1) is 18.9. The monoisotopic (exact) mass is 541 g/mol. The number of aryl methyl sites for hydroxylation is 2. The Morgan fingerprint density at radius 1 is 1.08 bits per heavy atom. The van der Waals surface area contributed by atoms with Gasteiger partial charge in [-0.15, -0.1) is 0 Å². The van der Waals surface area contributed by atoms with E-state index < -0.39 is 0 Å². The van der Waals surface area contributed by atoms with Crippen molar-refractivity contribution in [3.8, 4) is 5.69 Å². The Bertz CT molecular complexity index is 1470. The molecule has 0 unspecified atom stereocenters. The van der Waals surface area contributed by atoms with E-state index in [0.717, 1.165) is 34.8 Å². The SMILES string of the molecule is CCc1ccc(-n2c(C)cc([C@H]3[C@@H](c4ccccn4)NC(=S)N3CCC(=O)Nc3ccc(F)cc3)c2C)cc1. The van der Waals surface area contributed by atoms with Crippen molar-refractivity contribution in [2.24, 2.45) is 0 Å². The van der Waals surface area contributed by atoms with Gasteiger partial charge in [-0.1, -0.05) is 25.1 Å². The zero-order valence-electron chi connectivity index (χ0n) is 22.3. The maximum Gasteiger partial charge on any atom is 0.226 e. The summed E-state index contributed by atoms with van der Waals surface area (Å²) in [5.74, 6) is -0.505. The molecule has 1 fully saturated rings. The van der Waals surface area contributed by atoms with Gasteiger partial charge >= 0.3 is 0 Å². The lowest BCUT2D eigenvalue weighted by atomic mass is 9.96. The standard InChI is InChI=1S/C31H32FN5OS/c1-4-22-8-14-25(15-9-22)37-20(2)19-26(21(37)3)30-29(27-7-5-6-17-33-27)35-31(39)36(30)18-16-28(38)34-24-12-10-23(32)11-13-24/h5-15,17,19,29-30H,4,16,18H2,1-3H3,(H,34,38)(H,35,39)/t29-,30+/m1/s1. The lowest BCUT2D eigenvalue weighted by Gasteiger charge is -2.28. The van der Waals surface area contributed by atoms with Crippen molar-refractivity contribution >= 4 is 28.9 Å². The molecule has 1 aliphatic heterocycles. The molecular formula is C31H32FN5OS. The average molecular weight is 542 g/mol. The molecule has 200 valence electrons. The largest absolute Gasteiger partial charge is 0.352 e. The van der Waals surface area contributed by atoms with E-state index in [2.05, 4.69) is 76.2 Å². The molecule has 2 N–H and O–H groups in total. The van der Waals surface area contributed by atoms with Crippen LogP contribution in [-0.4, -0.2) is 32.0 Å². The predicted molar refractivity (Wildman–Crippen MR) is 156 cm³/mol. The van der Waals surface area contributed by atoms with Gasteiger partial charge in [-0.3, -0.25) is 9.78 Å². The third-order valence-corrected chi connectivity index (χ3v) is 7.65. The topological polar surface area (TPSA) is 62.2 Å². The normalized spacial score (nSPS) is 16.8. The summed E-state index contributed by atoms with van der Waals surface area (Å²) in [5.41, 5.74) is 7.24. The number of pyridine rings is 1. The second-order valence-corrected chi connectivity index (χ2v) is 10.2. The molecule has 8 heteroatoms. The summed E-state index contributed by atoms with van der Waals surface area (Å²) in [7, 11) is 0. The van der Waals surface area contributed by atoms with Gasteiger partial charge in [0.2, 0.25) is 5.91 Å². The summed E-state index contributed by atoms with van der Waals surface area (Å²) in [6, 6.07) is 22.2. The van der Waals surface area contributed by atoms with Crippen molar-refractivity contribution in [1.82, 2.24) is 19.8 Å². The molecule has 0 radical (unpaired) electrons. The van der Waals surface area contributed by atoms with Crippen LogP contribution >= 0.6 is 12.2 Å². The molecule has 2 aromatic carbocycles. The molecule has 0 spiro atoms. The van der Waals surface area contributed by atoms with Crippen molar-refractivity contribution < 1.29 is 9.18 Å². The van der Waals surface area contributed by atoms with Gasteiger partial charge in [0.05, 0.1) is 17.8 Å². The van der Waals surface area contributed by atoms with Crippen molar-refractivity contribution in [2.75, 3.05) is 11.9 Å². The molecule has 0 aliphatic carbocycles. The smallest absolute Gasteiger partial charge is 0.226 e. The van der Waals surface area contributed by atoms with E-state index >= 15 is 0 Å². The molecule has 0 bridgehead atoms. The van der Waals surface area contributed by atoms with E-state index in [1.807, 2.05) is 18.2 Å². The van der Waals surface area contributed by atoms with Crippen LogP contribution in [0.25, 0.3) is 5.69 Å². The number of anilines is 1. The van der Waals surface area contributed by atoms with E-state index in [4.69, 9.17) is 12.2 Å². The van der Waals surface area contributed by atoms with Crippen LogP contribution < -0.4 is 10.6 Å². The number of amides is 1. The van der Waals surface area contributed by atoms with E-state index in [-0.39, 0.29) is 30.2 Å². The van der Waals surface area contributed by atoms with Gasteiger partial charge in [-0.25, -0.2) is 4.39 Å². The molecule has 1 aliphatic rings. The van der Waals surface area contributed by atoms with Crippen molar-refractivity contribution in [3.05, 3.63) is 113 Å². The first-order valence-electron chi connectivity index (χ1n) is 13.2. The van der Waals surface area contributed by atoms with E-state index in [1.165, 1.54) is 17.7 Å². The number of aromatic nitrogens is 2. The van der Waals surface area contributed by atoms with E-state index in [9.17, 15) is 9.18 Å². The maximum atomic E-state index is 13.3. The lowest BCUT2D eigenvalue weighted by Crippen LogP contribution is -2.32. The number of nitrogens with zero attached hydrogens (tertiary/aromatic N) is 3. The first kappa shape index (κ1) is 26.6. The third-order valence-electron chi connectivity index (χ3n) is 7.30. The number of rotatable bonds is 8. The molecule has 4 aromatic rings. The van der Waals surface area contributed by atoms with Crippen LogP contribution in [0.2, 0.25) is 0 Å². The van der Waals surface area contributed by atoms with Gasteiger partial charge in [0.15, 0.2) is 5.11 Å². The van der Waals surface area contributed by atoms with Crippen LogP contribution in [0.4, 0.5) is 10.1 Å². The quantitative estimate of drug-likeness (QED) is 0.261. The Morgan fingerprint density at radius 2 is 1.82 bits per heavy atom. The number of carbonyl (C=O) groups is 1. The number of thiocarbonyl (C=S) groups is 1. The molecule has 2 aromatic heterocycles. The highest BCUT2D eigenvalue weighted by molar-refractivity contribution is 7.80. The Morgan fingerprint density at radius 3 is 2.49 bits per heavy atom. The van der Waals surface area contributed by atoms with E-state index in [0.29, 0.717) is 17.3 Å². The summed E-state index contributed by atoms with van der Waals surface area (Å²) < 4.78 is 15.5. The predicted octanol–water partition coefficient (Wildman–Crippen LogP) is 6.19. The van der Waals surface area contributed by atoms with Crippen LogP contribution in [0.1, 0.15) is 53.6 Å². The van der Waals surface area contributed by atoms with Crippen LogP contribution in [0.3, 0.4) is 0 Å². The van der Waals surface area contributed by atoms with Gasteiger partial charge in [0.1, 0.15) is 5.82 Å². The summed E-state index contributed by atoms with van der Waals surface area (Å²) in [6.07, 6.45) is 3.01. The molecule has 1 saturated heterocycles. The lowest BCUT2D eigenvalue weighted by molar-refractivity contribution is -0.116. The summed E-state index contributed by atoms with van der Waals surface area (Å²) in [6.45, 7) is 6.82. The van der Waals surface area contributed by atoms with Crippen LogP contribution in [0, 0.1) is 19.7 Å².